The van der Waals surface area contributed by atoms with Crippen molar-refractivity contribution in [3.63, 3.8) is 0 Å². The van der Waals surface area contributed by atoms with Crippen molar-refractivity contribution >= 4 is 13.6 Å². The third-order valence-electron chi connectivity index (χ3n) is 3.47. The van der Waals surface area contributed by atoms with Crippen molar-refractivity contribution in [3.05, 3.63) is 41.8 Å². The van der Waals surface area contributed by atoms with Crippen molar-refractivity contribution in [2.24, 2.45) is 0 Å². The molecule has 0 aromatic heterocycles. The van der Waals surface area contributed by atoms with Gasteiger partial charge in [0.15, 0.2) is 0 Å². The Bertz CT molecular complexity index is 436. The zero-order valence-corrected chi connectivity index (χ0v) is 12.2. The predicted octanol–water partition coefficient (Wildman–Crippen LogP) is -0.614. The molecular weight excluding hydrogens is 223 g/mol. The van der Waals surface area contributed by atoms with Crippen LogP contribution in [-0.2, 0) is 4.74 Å². The van der Waals surface area contributed by atoms with E-state index in [2.05, 4.69) is 19.6 Å². The number of rotatable bonds is 2. The van der Waals surface area contributed by atoms with E-state index in [0.29, 0.717) is 0 Å². The molecule has 86 valence electrons. The van der Waals surface area contributed by atoms with Crippen molar-refractivity contribution in [3.8, 4) is 0 Å². The molecule has 2 rings (SSSR count). The van der Waals surface area contributed by atoms with Gasteiger partial charge in [0, 0.05) is 5.22 Å². The third kappa shape index (κ3) is 2.20. The van der Waals surface area contributed by atoms with Gasteiger partial charge in [-0.05, 0) is 18.1 Å². The van der Waals surface area contributed by atoms with Crippen LogP contribution in [0.25, 0.3) is 5.57 Å². The van der Waals surface area contributed by atoms with Gasteiger partial charge in [-0.3, -0.25) is 0 Å². The predicted molar refractivity (Wildman–Crippen MR) is 66.2 cm³/mol. The fraction of sp³-hybridized carbons (Fsp3) is 0.385. The first-order valence-electron chi connectivity index (χ1n) is 5.52. The second-order valence-corrected chi connectivity index (χ2v) is 10.9. The summed E-state index contributed by atoms with van der Waals surface area (Å²) in [4.78, 5) is 0. The maximum atomic E-state index is 11.7. The van der Waals surface area contributed by atoms with Crippen LogP contribution < -0.4 is 24.0 Å². The third-order valence-corrected chi connectivity index (χ3v) is 6.69. The van der Waals surface area contributed by atoms with Crippen molar-refractivity contribution in [2.75, 3.05) is 0 Å². The molecule has 2 nitrogen and oxygen atoms in total. The Balaban J connectivity index is 0.00000144. The van der Waals surface area contributed by atoms with E-state index in [1.807, 2.05) is 37.3 Å². The molecule has 1 aliphatic rings. The maximum absolute atomic E-state index is 11.7. The topological polar surface area (TPSA) is 32.3 Å². The van der Waals surface area contributed by atoms with E-state index in [-0.39, 0.29) is 30.0 Å². The molecule has 0 saturated carbocycles. The van der Waals surface area contributed by atoms with Gasteiger partial charge in [0.2, 0.25) is 0 Å². The van der Waals surface area contributed by atoms with Crippen LogP contribution in [0, 0.1) is 0 Å². The van der Waals surface area contributed by atoms with Gasteiger partial charge in [0.25, 0.3) is 0 Å². The first-order valence-corrected chi connectivity index (χ1v) is 9.02. The van der Waals surface area contributed by atoms with Crippen LogP contribution in [0.15, 0.2) is 36.3 Å². The summed E-state index contributed by atoms with van der Waals surface area (Å²) in [5.74, 6) is -0.156. The molecule has 0 amide bonds. The summed E-state index contributed by atoms with van der Waals surface area (Å²) >= 11 is 0. The normalized spacial score (nSPS) is 23.5. The minimum Gasteiger partial charge on any atom is -0.605 e. The summed E-state index contributed by atoms with van der Waals surface area (Å²) in [5.41, 5.74) is 1.86. The zero-order valence-electron chi connectivity index (χ0n) is 11.2. The summed E-state index contributed by atoms with van der Waals surface area (Å²) in [5, 5.41) is 11.3. The van der Waals surface area contributed by atoms with Gasteiger partial charge < -0.3 is 9.84 Å². The number of ether oxygens (including phenoxy) is 1. The molecule has 0 fully saturated rings. The number of benzene rings is 1. The summed E-state index contributed by atoms with van der Waals surface area (Å²) < 4.78 is 5.44. The van der Waals surface area contributed by atoms with Crippen LogP contribution in [0.5, 0.6) is 0 Å². The Morgan fingerprint density at radius 2 is 1.65 bits per heavy atom. The quantitative estimate of drug-likeness (QED) is 0.646. The van der Waals surface area contributed by atoms with Crippen molar-refractivity contribution in [1.29, 1.82) is 0 Å². The van der Waals surface area contributed by atoms with E-state index in [0.717, 1.165) is 11.1 Å². The van der Waals surface area contributed by atoms with Crippen LogP contribution in [-0.4, -0.2) is 13.3 Å². The Morgan fingerprint density at radius 3 is 2.06 bits per heavy atom. The summed E-state index contributed by atoms with van der Waals surface area (Å²) in [6.45, 7) is 8.72. The fourth-order valence-corrected chi connectivity index (χ4v) is 3.36. The second kappa shape index (κ2) is 4.57. The second-order valence-electron chi connectivity index (χ2n) is 5.41. The summed E-state index contributed by atoms with van der Waals surface area (Å²) in [6, 6.07) is 9.83. The molecule has 0 spiro atoms. The molecule has 0 saturated heterocycles. The van der Waals surface area contributed by atoms with E-state index < -0.39 is 8.07 Å². The number of hydrogen-bond acceptors (Lipinski definition) is 2. The van der Waals surface area contributed by atoms with E-state index in [1.54, 1.807) is 0 Å². The van der Waals surface area contributed by atoms with E-state index >= 15 is 0 Å². The Morgan fingerprint density at radius 1 is 1.12 bits per heavy atom. The van der Waals surface area contributed by atoms with E-state index in [4.69, 9.17) is 4.74 Å². The molecule has 0 bridgehead atoms. The average molecular weight is 240 g/mol. The Kier molecular flexibility index (Phi) is 3.88. The molecule has 0 radical (unpaired) electrons. The van der Waals surface area contributed by atoms with Gasteiger partial charge in [-0.15, -0.1) is 0 Å². The van der Waals surface area contributed by atoms with Crippen LogP contribution in [0.4, 0.5) is 0 Å². The van der Waals surface area contributed by atoms with Crippen molar-refractivity contribution in [1.82, 2.24) is 0 Å². The van der Waals surface area contributed by atoms with Crippen LogP contribution in [0.1, 0.15) is 12.5 Å². The zero-order chi connectivity index (χ0) is 12.0. The Hall–Kier alpha value is -0.626. The summed E-state index contributed by atoms with van der Waals surface area (Å²) in [6.07, 6.45) is 0. The van der Waals surface area contributed by atoms with Gasteiger partial charge in [-0.25, -0.2) is 0 Å². The van der Waals surface area contributed by atoms with Gasteiger partial charge in [-0.2, -0.15) is 0 Å². The molecule has 1 unspecified atom stereocenters. The SMILES string of the molecule is CC1([Si](C)(C)C)OC([O-])=C1c1ccccc1.[Li+]. The molecular formula is C13H17LiO2Si. The van der Waals surface area contributed by atoms with Gasteiger partial charge in [0.05, 0.1) is 14.0 Å². The van der Waals surface area contributed by atoms with Crippen LogP contribution in [0.3, 0.4) is 0 Å². The molecule has 1 aromatic rings. The van der Waals surface area contributed by atoms with E-state index in [1.165, 1.54) is 0 Å². The molecule has 1 aliphatic heterocycles. The summed E-state index contributed by atoms with van der Waals surface area (Å²) in [7, 11) is -1.57. The van der Waals surface area contributed by atoms with Gasteiger partial charge in [-0.1, -0.05) is 50.0 Å². The smallest absolute Gasteiger partial charge is 0.605 e. The van der Waals surface area contributed by atoms with Crippen molar-refractivity contribution in [2.45, 2.75) is 31.8 Å². The van der Waals surface area contributed by atoms with Crippen molar-refractivity contribution < 1.29 is 28.7 Å². The van der Waals surface area contributed by atoms with Crippen LogP contribution in [0.2, 0.25) is 19.6 Å². The minimum absolute atomic E-state index is 0. The first kappa shape index (κ1) is 14.4. The molecule has 4 heteroatoms. The molecule has 1 heterocycles. The minimum atomic E-state index is -1.57. The molecule has 0 aliphatic carbocycles. The maximum Gasteiger partial charge on any atom is 1.00 e. The van der Waals surface area contributed by atoms with Gasteiger partial charge in [0.1, 0.15) is 0 Å². The standard InChI is InChI=1S/C13H18O2Si.Li/c1-13(16(2,3)4)11(12(14)15-13)10-8-6-5-7-9-10;/h5-9,14H,1-4H3;/q;+1/p-1. The van der Waals surface area contributed by atoms with Crippen LogP contribution >= 0.6 is 0 Å². The molecule has 0 N–H and O–H groups in total. The first-order chi connectivity index (χ1) is 7.36. The monoisotopic (exact) mass is 240 g/mol. The average Bonchev–Trinajstić information content (AvgIpc) is 2.16. The van der Waals surface area contributed by atoms with Gasteiger partial charge >= 0.3 is 18.9 Å². The number of hydrogen-bond donors (Lipinski definition) is 0. The largest absolute Gasteiger partial charge is 1.00 e. The molecule has 1 atom stereocenters. The Labute approximate surface area is 116 Å². The fourth-order valence-electron chi connectivity index (χ4n) is 1.96. The molecule has 17 heavy (non-hydrogen) atoms. The molecule has 1 aromatic carbocycles. The van der Waals surface area contributed by atoms with E-state index in [9.17, 15) is 5.11 Å².